The Morgan fingerprint density at radius 1 is 1.22 bits per heavy atom. The van der Waals surface area contributed by atoms with E-state index in [1.165, 1.54) is 12.0 Å². The molecule has 3 rings (SSSR count). The van der Waals surface area contributed by atoms with Gasteiger partial charge >= 0.3 is 0 Å². The number of rotatable bonds is 8. The topological polar surface area (TPSA) is 47.6 Å². The lowest BCUT2D eigenvalue weighted by atomic mass is 9.64. The normalized spacial score (nSPS) is 16.3. The van der Waals surface area contributed by atoms with Crippen LogP contribution in [0.2, 0.25) is 5.02 Å². The van der Waals surface area contributed by atoms with Gasteiger partial charge in [-0.2, -0.15) is 0 Å². The zero-order valence-electron chi connectivity index (χ0n) is 15.8. The lowest BCUT2D eigenvalue weighted by molar-refractivity contribution is -0.132. The maximum absolute atomic E-state index is 12.5. The lowest BCUT2D eigenvalue weighted by Crippen LogP contribution is -2.47. The van der Waals surface area contributed by atoms with E-state index in [1.54, 1.807) is 14.0 Å². The Morgan fingerprint density at radius 2 is 1.96 bits per heavy atom. The molecule has 0 radical (unpaired) electrons. The number of benzene rings is 2. The van der Waals surface area contributed by atoms with Crippen LogP contribution in [0.4, 0.5) is 0 Å². The van der Waals surface area contributed by atoms with Crippen LogP contribution in [-0.2, 0) is 21.6 Å². The number of hydrogen-bond acceptors (Lipinski definition) is 3. The van der Waals surface area contributed by atoms with Gasteiger partial charge in [-0.1, -0.05) is 42.3 Å². The average Bonchev–Trinajstić information content (AvgIpc) is 2.66. The quantitative estimate of drug-likeness (QED) is 0.725. The van der Waals surface area contributed by atoms with Crippen LogP contribution in [-0.4, -0.2) is 25.7 Å². The molecule has 0 heterocycles. The van der Waals surface area contributed by atoms with Crippen molar-refractivity contribution in [3.8, 4) is 5.75 Å². The van der Waals surface area contributed by atoms with Crippen molar-refractivity contribution in [3.63, 3.8) is 0 Å². The molecule has 0 aliphatic heterocycles. The van der Waals surface area contributed by atoms with Gasteiger partial charge in [0.1, 0.15) is 11.9 Å². The number of halogens is 1. The lowest BCUT2D eigenvalue weighted by Gasteiger charge is -2.42. The summed E-state index contributed by atoms with van der Waals surface area (Å²) in [6.07, 6.45) is 2.82. The van der Waals surface area contributed by atoms with E-state index in [0.717, 1.165) is 29.2 Å². The summed E-state index contributed by atoms with van der Waals surface area (Å²) >= 11 is 6.00. The van der Waals surface area contributed by atoms with E-state index >= 15 is 0 Å². The number of methoxy groups -OCH3 is 1. The minimum Gasteiger partial charge on any atom is -0.497 e. The van der Waals surface area contributed by atoms with Gasteiger partial charge in [0.2, 0.25) is 5.91 Å². The first kappa shape index (κ1) is 19.7. The van der Waals surface area contributed by atoms with E-state index in [2.05, 4.69) is 17.4 Å². The fourth-order valence-corrected chi connectivity index (χ4v) is 3.56. The zero-order valence-corrected chi connectivity index (χ0v) is 16.6. The van der Waals surface area contributed by atoms with Crippen molar-refractivity contribution in [3.05, 3.63) is 64.7 Å². The molecule has 5 heteroatoms. The number of amides is 1. The third-order valence-electron chi connectivity index (χ3n) is 5.37. The van der Waals surface area contributed by atoms with Crippen molar-refractivity contribution in [2.75, 3.05) is 13.7 Å². The van der Waals surface area contributed by atoms with E-state index in [1.807, 2.05) is 36.4 Å². The monoisotopic (exact) mass is 387 g/mol. The molecule has 144 valence electrons. The largest absolute Gasteiger partial charge is 0.497 e. The number of hydrogen-bond donors (Lipinski definition) is 1. The van der Waals surface area contributed by atoms with Gasteiger partial charge in [-0.25, -0.2) is 0 Å². The maximum Gasteiger partial charge on any atom is 0.248 e. The van der Waals surface area contributed by atoms with Crippen molar-refractivity contribution in [1.29, 1.82) is 0 Å². The van der Waals surface area contributed by atoms with E-state index in [4.69, 9.17) is 21.1 Å². The van der Waals surface area contributed by atoms with E-state index < -0.39 is 6.10 Å². The molecular weight excluding hydrogens is 362 g/mol. The van der Waals surface area contributed by atoms with Crippen LogP contribution in [0.5, 0.6) is 5.75 Å². The fraction of sp³-hybridized carbons (Fsp3) is 0.409. The Hall–Kier alpha value is -2.04. The Balaban J connectivity index is 1.52. The number of carbonyl (C=O) groups excluding carboxylic acids is 1. The van der Waals surface area contributed by atoms with Gasteiger partial charge in [-0.05, 0) is 55.2 Å². The van der Waals surface area contributed by atoms with E-state index in [-0.39, 0.29) is 11.3 Å². The molecule has 1 saturated carbocycles. The van der Waals surface area contributed by atoms with Gasteiger partial charge in [-0.3, -0.25) is 4.79 Å². The summed E-state index contributed by atoms with van der Waals surface area (Å²) in [5.74, 6) is 0.696. The highest BCUT2D eigenvalue weighted by Gasteiger charge is 2.39. The smallest absolute Gasteiger partial charge is 0.248 e. The predicted molar refractivity (Wildman–Crippen MR) is 107 cm³/mol. The second-order valence-corrected chi connectivity index (χ2v) is 7.60. The van der Waals surface area contributed by atoms with Crippen molar-refractivity contribution >= 4 is 17.5 Å². The van der Waals surface area contributed by atoms with Crippen molar-refractivity contribution in [1.82, 2.24) is 5.32 Å². The van der Waals surface area contributed by atoms with Crippen molar-refractivity contribution in [2.24, 2.45) is 0 Å². The second-order valence-electron chi connectivity index (χ2n) is 7.16. The van der Waals surface area contributed by atoms with Gasteiger partial charge in [0, 0.05) is 17.0 Å². The Bertz CT molecular complexity index is 771. The molecule has 1 N–H and O–H groups in total. The minimum absolute atomic E-state index is 0.0206. The summed E-state index contributed by atoms with van der Waals surface area (Å²) in [4.78, 5) is 12.5. The molecule has 1 aliphatic carbocycles. The molecule has 2 aromatic carbocycles. The third kappa shape index (κ3) is 4.82. The van der Waals surface area contributed by atoms with Gasteiger partial charge in [0.15, 0.2) is 0 Å². The van der Waals surface area contributed by atoms with Crippen LogP contribution in [0.3, 0.4) is 0 Å². The highest BCUT2D eigenvalue weighted by Crippen LogP contribution is 2.43. The molecule has 0 bridgehead atoms. The van der Waals surface area contributed by atoms with Gasteiger partial charge in [-0.15, -0.1) is 0 Å². The molecule has 1 amide bonds. The highest BCUT2D eigenvalue weighted by atomic mass is 35.5. The van der Waals surface area contributed by atoms with Gasteiger partial charge in [0.05, 0.1) is 13.7 Å². The van der Waals surface area contributed by atoms with Crippen LogP contribution in [0.1, 0.15) is 37.3 Å². The molecule has 0 saturated heterocycles. The first-order valence-corrected chi connectivity index (χ1v) is 9.68. The molecular formula is C22H26ClNO3. The van der Waals surface area contributed by atoms with Crippen molar-refractivity contribution in [2.45, 2.75) is 44.3 Å². The summed E-state index contributed by atoms with van der Waals surface area (Å²) in [7, 11) is 1.63. The number of ether oxygens (including phenoxy) is 2. The fourth-order valence-electron chi connectivity index (χ4n) is 3.43. The number of nitrogens with one attached hydrogen (secondary N) is 1. The SMILES string of the molecule is COc1cccc(COC(C)C(=O)NCC2(c3ccc(Cl)cc3)CCC2)c1. The standard InChI is InChI=1S/C22H26ClNO3/c1-16(27-14-17-5-3-6-20(13-17)26-2)21(25)24-15-22(11-4-12-22)18-7-9-19(23)10-8-18/h3,5-10,13,16H,4,11-12,14-15H2,1-2H3,(H,24,25). The van der Waals surface area contributed by atoms with Gasteiger partial charge < -0.3 is 14.8 Å². The third-order valence-corrected chi connectivity index (χ3v) is 5.62. The predicted octanol–water partition coefficient (Wildman–Crippen LogP) is 4.49. The summed E-state index contributed by atoms with van der Waals surface area (Å²) in [5, 5.41) is 3.81. The van der Waals surface area contributed by atoms with Crippen LogP contribution in [0.25, 0.3) is 0 Å². The zero-order chi connectivity index (χ0) is 19.3. The van der Waals surface area contributed by atoms with E-state index in [9.17, 15) is 4.79 Å². The first-order chi connectivity index (χ1) is 13.0. The van der Waals surface area contributed by atoms with Crippen molar-refractivity contribution < 1.29 is 14.3 Å². The molecule has 0 spiro atoms. The molecule has 1 aliphatic rings. The molecule has 4 nitrogen and oxygen atoms in total. The first-order valence-electron chi connectivity index (χ1n) is 9.31. The number of carbonyl (C=O) groups is 1. The highest BCUT2D eigenvalue weighted by molar-refractivity contribution is 6.30. The van der Waals surface area contributed by atoms with Gasteiger partial charge in [0.25, 0.3) is 0 Å². The summed E-state index contributed by atoms with van der Waals surface area (Å²) < 4.78 is 11.0. The Labute approximate surface area is 165 Å². The molecule has 2 aromatic rings. The summed E-state index contributed by atoms with van der Waals surface area (Å²) in [6.45, 7) is 2.78. The Kier molecular flexibility index (Phi) is 6.40. The second kappa shape index (κ2) is 8.77. The Morgan fingerprint density at radius 3 is 2.59 bits per heavy atom. The summed E-state index contributed by atoms with van der Waals surface area (Å²) in [6, 6.07) is 15.6. The molecule has 1 atom stereocenters. The summed E-state index contributed by atoms with van der Waals surface area (Å²) in [5.41, 5.74) is 2.24. The molecule has 1 unspecified atom stereocenters. The molecule has 1 fully saturated rings. The van der Waals surface area contributed by atoms with Crippen LogP contribution < -0.4 is 10.1 Å². The van der Waals surface area contributed by atoms with Crippen LogP contribution >= 0.6 is 11.6 Å². The molecule has 27 heavy (non-hydrogen) atoms. The van der Waals surface area contributed by atoms with Crippen LogP contribution in [0, 0.1) is 0 Å². The van der Waals surface area contributed by atoms with Crippen LogP contribution in [0.15, 0.2) is 48.5 Å². The van der Waals surface area contributed by atoms with E-state index in [0.29, 0.717) is 13.2 Å². The molecule has 0 aromatic heterocycles. The average molecular weight is 388 g/mol. The minimum atomic E-state index is -0.515. The maximum atomic E-state index is 12.5.